The zero-order valence-electron chi connectivity index (χ0n) is 15.2. The summed E-state index contributed by atoms with van der Waals surface area (Å²) in [5.74, 6) is 1.98. The summed E-state index contributed by atoms with van der Waals surface area (Å²) in [6, 6.07) is 10.6. The first-order valence-corrected chi connectivity index (χ1v) is 9.51. The molecule has 1 aliphatic heterocycles. The number of aromatic nitrogens is 4. The van der Waals surface area contributed by atoms with E-state index in [0.717, 1.165) is 31.3 Å². The Morgan fingerprint density at radius 1 is 1.23 bits per heavy atom. The normalized spacial score (nSPS) is 23.7. The topological polar surface area (TPSA) is 75.9 Å². The molecule has 7 nitrogen and oxygen atoms in total. The molecular formula is C19H26N6O. The highest BCUT2D eigenvalue weighted by Gasteiger charge is 2.39. The molecule has 0 bridgehead atoms. The molecule has 1 saturated carbocycles. The SMILES string of the molecule is CC1CCN(Cc2nnnn2CC(=O)N[C@@H]2C[C@H]2c2ccccc2)CC1. The van der Waals surface area contributed by atoms with Gasteiger partial charge in [-0.3, -0.25) is 9.69 Å². The number of piperidine rings is 1. The van der Waals surface area contributed by atoms with Crippen LogP contribution in [0.1, 0.15) is 43.5 Å². The number of benzene rings is 1. The number of carbonyl (C=O) groups is 1. The number of carbonyl (C=O) groups excluding carboxylic acids is 1. The van der Waals surface area contributed by atoms with E-state index in [1.165, 1.54) is 18.4 Å². The molecule has 1 aromatic heterocycles. The molecular weight excluding hydrogens is 328 g/mol. The Balaban J connectivity index is 1.28. The van der Waals surface area contributed by atoms with Crippen LogP contribution in [0.25, 0.3) is 0 Å². The van der Waals surface area contributed by atoms with Crippen LogP contribution in [0.15, 0.2) is 30.3 Å². The highest BCUT2D eigenvalue weighted by Crippen LogP contribution is 2.40. The van der Waals surface area contributed by atoms with Crippen LogP contribution in [-0.2, 0) is 17.9 Å². The molecule has 1 aromatic carbocycles. The van der Waals surface area contributed by atoms with Gasteiger partial charge in [-0.25, -0.2) is 4.68 Å². The number of tetrazole rings is 1. The minimum Gasteiger partial charge on any atom is -0.351 e. The molecule has 1 aliphatic carbocycles. The summed E-state index contributed by atoms with van der Waals surface area (Å²) >= 11 is 0. The van der Waals surface area contributed by atoms with Crippen molar-refractivity contribution in [2.24, 2.45) is 5.92 Å². The first-order valence-electron chi connectivity index (χ1n) is 9.51. The monoisotopic (exact) mass is 354 g/mol. The van der Waals surface area contributed by atoms with Gasteiger partial charge in [-0.05, 0) is 54.3 Å². The van der Waals surface area contributed by atoms with Gasteiger partial charge in [0.1, 0.15) is 6.54 Å². The lowest BCUT2D eigenvalue weighted by Crippen LogP contribution is -2.35. The Kier molecular flexibility index (Phi) is 4.97. The molecule has 4 rings (SSSR count). The minimum absolute atomic E-state index is 0.0192. The van der Waals surface area contributed by atoms with E-state index >= 15 is 0 Å². The molecule has 2 fully saturated rings. The average molecular weight is 354 g/mol. The Labute approximate surface area is 153 Å². The third kappa shape index (κ3) is 4.09. The molecule has 2 aliphatic rings. The van der Waals surface area contributed by atoms with Gasteiger partial charge in [-0.2, -0.15) is 0 Å². The van der Waals surface area contributed by atoms with Crippen molar-refractivity contribution in [1.29, 1.82) is 0 Å². The molecule has 1 saturated heterocycles. The molecule has 0 unspecified atom stereocenters. The Bertz CT molecular complexity index is 737. The number of hydrogen-bond donors (Lipinski definition) is 1. The van der Waals surface area contributed by atoms with E-state index in [4.69, 9.17) is 0 Å². The van der Waals surface area contributed by atoms with Gasteiger partial charge in [-0.1, -0.05) is 37.3 Å². The molecule has 26 heavy (non-hydrogen) atoms. The quantitative estimate of drug-likeness (QED) is 0.852. The van der Waals surface area contributed by atoms with E-state index in [1.54, 1.807) is 4.68 Å². The largest absolute Gasteiger partial charge is 0.351 e. The van der Waals surface area contributed by atoms with Crippen LogP contribution in [0.2, 0.25) is 0 Å². The summed E-state index contributed by atoms with van der Waals surface area (Å²) in [4.78, 5) is 14.8. The van der Waals surface area contributed by atoms with Crippen molar-refractivity contribution < 1.29 is 4.79 Å². The number of hydrogen-bond acceptors (Lipinski definition) is 5. The Morgan fingerprint density at radius 2 is 2.00 bits per heavy atom. The predicted octanol–water partition coefficient (Wildman–Crippen LogP) is 1.58. The van der Waals surface area contributed by atoms with E-state index in [2.05, 4.69) is 44.8 Å². The molecule has 1 amide bonds. The van der Waals surface area contributed by atoms with Crippen molar-refractivity contribution in [3.63, 3.8) is 0 Å². The summed E-state index contributed by atoms with van der Waals surface area (Å²) in [6.45, 7) is 5.34. The fourth-order valence-corrected chi connectivity index (χ4v) is 3.69. The van der Waals surface area contributed by atoms with Crippen LogP contribution in [0.5, 0.6) is 0 Å². The zero-order chi connectivity index (χ0) is 17.9. The van der Waals surface area contributed by atoms with E-state index in [-0.39, 0.29) is 18.5 Å². The first kappa shape index (κ1) is 17.1. The average Bonchev–Trinajstić information content (AvgIpc) is 3.28. The number of rotatable bonds is 6. The number of nitrogens with one attached hydrogen (secondary N) is 1. The van der Waals surface area contributed by atoms with Gasteiger partial charge in [0.15, 0.2) is 5.82 Å². The predicted molar refractivity (Wildman–Crippen MR) is 97.2 cm³/mol. The lowest BCUT2D eigenvalue weighted by molar-refractivity contribution is -0.122. The van der Waals surface area contributed by atoms with Crippen molar-refractivity contribution in [3.8, 4) is 0 Å². The van der Waals surface area contributed by atoms with Crippen molar-refractivity contribution in [1.82, 2.24) is 30.4 Å². The highest BCUT2D eigenvalue weighted by molar-refractivity contribution is 5.76. The summed E-state index contributed by atoms with van der Waals surface area (Å²) in [7, 11) is 0. The fraction of sp³-hybridized carbons (Fsp3) is 0.579. The number of nitrogens with zero attached hydrogens (tertiary/aromatic N) is 5. The van der Waals surface area contributed by atoms with Crippen LogP contribution in [0.4, 0.5) is 0 Å². The second-order valence-electron chi connectivity index (χ2n) is 7.64. The maximum absolute atomic E-state index is 12.4. The second-order valence-corrected chi connectivity index (χ2v) is 7.64. The molecule has 2 atom stereocenters. The van der Waals surface area contributed by atoms with Crippen molar-refractivity contribution in [2.75, 3.05) is 13.1 Å². The van der Waals surface area contributed by atoms with E-state index in [0.29, 0.717) is 12.5 Å². The molecule has 7 heteroatoms. The van der Waals surface area contributed by atoms with Crippen LogP contribution in [-0.4, -0.2) is 50.1 Å². The standard InChI is InChI=1S/C19H26N6O/c1-14-7-9-24(10-8-14)12-18-21-22-23-25(18)13-19(26)20-17-11-16(17)15-5-3-2-4-6-15/h2-6,14,16-17H,7-13H2,1H3,(H,20,26)/t16-,17+/m0/s1. The number of likely N-dealkylation sites (tertiary alicyclic amines) is 1. The number of amides is 1. The lowest BCUT2D eigenvalue weighted by atomic mass is 9.99. The second kappa shape index (κ2) is 7.53. The van der Waals surface area contributed by atoms with Gasteiger partial charge < -0.3 is 5.32 Å². The molecule has 138 valence electrons. The van der Waals surface area contributed by atoms with E-state index in [9.17, 15) is 4.79 Å². The first-order chi connectivity index (χ1) is 12.7. The molecule has 0 spiro atoms. The summed E-state index contributed by atoms with van der Waals surface area (Å²) in [5.41, 5.74) is 1.29. The minimum atomic E-state index is -0.0192. The lowest BCUT2D eigenvalue weighted by Gasteiger charge is -2.29. The smallest absolute Gasteiger partial charge is 0.242 e. The molecule has 1 N–H and O–H groups in total. The van der Waals surface area contributed by atoms with Crippen molar-refractivity contribution in [3.05, 3.63) is 41.7 Å². The van der Waals surface area contributed by atoms with Gasteiger partial charge >= 0.3 is 0 Å². The van der Waals surface area contributed by atoms with Crippen molar-refractivity contribution in [2.45, 2.75) is 51.2 Å². The van der Waals surface area contributed by atoms with Gasteiger partial charge in [0, 0.05) is 12.0 Å². The zero-order valence-corrected chi connectivity index (χ0v) is 15.2. The highest BCUT2D eigenvalue weighted by atomic mass is 16.2. The van der Waals surface area contributed by atoms with Gasteiger partial charge in [0.2, 0.25) is 5.91 Å². The van der Waals surface area contributed by atoms with Crippen LogP contribution in [0.3, 0.4) is 0 Å². The van der Waals surface area contributed by atoms with Crippen LogP contribution in [0, 0.1) is 5.92 Å². The van der Waals surface area contributed by atoms with Gasteiger partial charge in [0.25, 0.3) is 0 Å². The summed E-state index contributed by atoms with van der Waals surface area (Å²) in [5, 5.41) is 15.0. The third-order valence-corrected chi connectivity index (χ3v) is 5.51. The van der Waals surface area contributed by atoms with Crippen LogP contribution < -0.4 is 5.32 Å². The van der Waals surface area contributed by atoms with Gasteiger partial charge in [-0.15, -0.1) is 5.10 Å². The summed E-state index contributed by atoms with van der Waals surface area (Å²) in [6.07, 6.45) is 3.43. The Morgan fingerprint density at radius 3 is 2.77 bits per heavy atom. The maximum atomic E-state index is 12.4. The Hall–Kier alpha value is -2.28. The molecule has 2 aromatic rings. The maximum Gasteiger partial charge on any atom is 0.242 e. The van der Waals surface area contributed by atoms with E-state index < -0.39 is 0 Å². The van der Waals surface area contributed by atoms with E-state index in [1.807, 2.05) is 18.2 Å². The molecule has 2 heterocycles. The van der Waals surface area contributed by atoms with Crippen LogP contribution >= 0.6 is 0 Å². The molecule has 0 radical (unpaired) electrons. The van der Waals surface area contributed by atoms with Gasteiger partial charge in [0.05, 0.1) is 6.54 Å². The third-order valence-electron chi connectivity index (χ3n) is 5.51. The summed E-state index contributed by atoms with van der Waals surface area (Å²) < 4.78 is 1.63. The fourth-order valence-electron chi connectivity index (χ4n) is 3.69. The van der Waals surface area contributed by atoms with Crippen molar-refractivity contribution >= 4 is 5.91 Å².